The summed E-state index contributed by atoms with van der Waals surface area (Å²) in [4.78, 5) is 16.3. The van der Waals surface area contributed by atoms with Gasteiger partial charge < -0.3 is 15.1 Å². The molecule has 29 heavy (non-hydrogen) atoms. The Morgan fingerprint density at radius 2 is 1.79 bits per heavy atom. The third-order valence-corrected chi connectivity index (χ3v) is 6.95. The Morgan fingerprint density at radius 3 is 2.55 bits per heavy atom. The number of hydrogen-bond donors (Lipinski definition) is 2. The standard InChI is InChI=1S/C21H26N4O3S/c1-2-24-11-13-25(14-12-24)20-6-4-3-5-19(20)23-29(27,28)17-8-9-18-16(15-17)7-10-21(26)22-18/h3-6,8-9,15,23H,2,7,10-14H2,1H3,(H,22,26). The molecule has 2 N–H and O–H groups in total. The lowest BCUT2D eigenvalue weighted by Crippen LogP contribution is -2.46. The van der Waals surface area contributed by atoms with Crippen LogP contribution in [0.4, 0.5) is 17.1 Å². The number of piperazine rings is 1. The highest BCUT2D eigenvalue weighted by atomic mass is 32.2. The molecule has 0 bridgehead atoms. The van der Waals surface area contributed by atoms with Gasteiger partial charge in [-0.15, -0.1) is 0 Å². The predicted molar refractivity (Wildman–Crippen MR) is 115 cm³/mol. The van der Waals surface area contributed by atoms with Gasteiger partial charge in [0, 0.05) is 38.3 Å². The van der Waals surface area contributed by atoms with Crippen molar-refractivity contribution in [3.8, 4) is 0 Å². The van der Waals surface area contributed by atoms with Gasteiger partial charge in [0.15, 0.2) is 0 Å². The first kappa shape index (κ1) is 19.7. The van der Waals surface area contributed by atoms with Crippen LogP contribution in [0.25, 0.3) is 0 Å². The van der Waals surface area contributed by atoms with E-state index in [1.165, 1.54) is 6.07 Å². The van der Waals surface area contributed by atoms with Crippen molar-refractivity contribution in [3.63, 3.8) is 0 Å². The molecular formula is C21H26N4O3S. The van der Waals surface area contributed by atoms with E-state index in [0.717, 1.165) is 44.0 Å². The van der Waals surface area contributed by atoms with Crippen LogP contribution in [-0.2, 0) is 21.2 Å². The monoisotopic (exact) mass is 414 g/mol. The summed E-state index contributed by atoms with van der Waals surface area (Å²) in [6, 6.07) is 12.4. The molecule has 2 aliphatic rings. The van der Waals surface area contributed by atoms with Gasteiger partial charge in [0.1, 0.15) is 0 Å². The molecule has 0 aliphatic carbocycles. The molecule has 1 fully saturated rings. The first-order chi connectivity index (χ1) is 14.0. The van der Waals surface area contributed by atoms with Gasteiger partial charge >= 0.3 is 0 Å². The zero-order valence-corrected chi connectivity index (χ0v) is 17.3. The van der Waals surface area contributed by atoms with E-state index < -0.39 is 10.0 Å². The average Bonchev–Trinajstić information content (AvgIpc) is 2.73. The number of nitrogens with zero attached hydrogens (tertiary/aromatic N) is 2. The number of carbonyl (C=O) groups excluding carboxylic acids is 1. The van der Waals surface area contributed by atoms with Crippen LogP contribution < -0.4 is 14.9 Å². The van der Waals surface area contributed by atoms with Gasteiger partial charge in [0.2, 0.25) is 5.91 Å². The second-order valence-electron chi connectivity index (χ2n) is 7.41. The lowest BCUT2D eigenvalue weighted by atomic mass is 10.0. The summed E-state index contributed by atoms with van der Waals surface area (Å²) < 4.78 is 28.9. The molecule has 0 aromatic heterocycles. The number of anilines is 3. The van der Waals surface area contributed by atoms with Crippen LogP contribution in [-0.4, -0.2) is 51.9 Å². The van der Waals surface area contributed by atoms with Crippen molar-refractivity contribution in [2.45, 2.75) is 24.7 Å². The molecule has 1 saturated heterocycles. The predicted octanol–water partition coefficient (Wildman–Crippen LogP) is 2.51. The zero-order valence-electron chi connectivity index (χ0n) is 16.5. The van der Waals surface area contributed by atoms with Gasteiger partial charge in [-0.2, -0.15) is 0 Å². The number of likely N-dealkylation sites (N-methyl/N-ethyl adjacent to an activating group) is 1. The number of aryl methyl sites for hydroxylation is 1. The van der Waals surface area contributed by atoms with Crippen LogP contribution in [0.5, 0.6) is 0 Å². The first-order valence-electron chi connectivity index (χ1n) is 9.98. The molecule has 2 aromatic rings. The minimum atomic E-state index is -3.74. The zero-order chi connectivity index (χ0) is 20.4. The van der Waals surface area contributed by atoms with E-state index in [-0.39, 0.29) is 10.8 Å². The van der Waals surface area contributed by atoms with E-state index in [4.69, 9.17) is 0 Å². The number of benzene rings is 2. The summed E-state index contributed by atoms with van der Waals surface area (Å²) in [7, 11) is -3.74. The van der Waals surface area contributed by atoms with Crippen molar-refractivity contribution < 1.29 is 13.2 Å². The normalized spacial score (nSPS) is 17.6. The smallest absolute Gasteiger partial charge is 0.261 e. The van der Waals surface area contributed by atoms with Gasteiger partial charge in [-0.05, 0) is 48.9 Å². The quantitative estimate of drug-likeness (QED) is 0.786. The summed E-state index contributed by atoms with van der Waals surface area (Å²) in [5.41, 5.74) is 3.02. The minimum Gasteiger partial charge on any atom is -0.367 e. The summed E-state index contributed by atoms with van der Waals surface area (Å²) in [5.74, 6) is -0.0386. The fraction of sp³-hybridized carbons (Fsp3) is 0.381. The Labute approximate surface area is 171 Å². The molecule has 0 radical (unpaired) electrons. The maximum Gasteiger partial charge on any atom is 0.261 e. The average molecular weight is 415 g/mol. The Hall–Kier alpha value is -2.58. The Kier molecular flexibility index (Phi) is 5.47. The molecule has 1 amide bonds. The Bertz CT molecular complexity index is 1010. The van der Waals surface area contributed by atoms with Gasteiger partial charge in [-0.3, -0.25) is 9.52 Å². The number of para-hydroxylation sites is 2. The number of hydrogen-bond acceptors (Lipinski definition) is 5. The van der Waals surface area contributed by atoms with E-state index in [2.05, 4.69) is 26.8 Å². The topological polar surface area (TPSA) is 81.8 Å². The van der Waals surface area contributed by atoms with Crippen LogP contribution in [0.2, 0.25) is 0 Å². The summed E-state index contributed by atoms with van der Waals surface area (Å²) in [6.07, 6.45) is 0.916. The number of nitrogens with one attached hydrogen (secondary N) is 2. The van der Waals surface area contributed by atoms with Crippen molar-refractivity contribution in [2.75, 3.05) is 47.7 Å². The van der Waals surface area contributed by atoms with E-state index in [9.17, 15) is 13.2 Å². The molecule has 8 heteroatoms. The number of sulfonamides is 1. The van der Waals surface area contributed by atoms with Crippen molar-refractivity contribution in [3.05, 3.63) is 48.0 Å². The van der Waals surface area contributed by atoms with Crippen LogP contribution in [0.1, 0.15) is 18.9 Å². The van der Waals surface area contributed by atoms with Gasteiger partial charge in [0.05, 0.1) is 16.3 Å². The van der Waals surface area contributed by atoms with Gasteiger partial charge in [-0.1, -0.05) is 19.1 Å². The highest BCUT2D eigenvalue weighted by Crippen LogP contribution is 2.30. The Balaban J connectivity index is 1.57. The molecule has 0 saturated carbocycles. The van der Waals surface area contributed by atoms with Crippen LogP contribution in [0.15, 0.2) is 47.4 Å². The van der Waals surface area contributed by atoms with Crippen LogP contribution in [0.3, 0.4) is 0 Å². The van der Waals surface area contributed by atoms with E-state index >= 15 is 0 Å². The lowest BCUT2D eigenvalue weighted by molar-refractivity contribution is -0.116. The number of rotatable bonds is 5. The molecule has 2 heterocycles. The molecule has 0 spiro atoms. The van der Waals surface area contributed by atoms with Crippen molar-refractivity contribution in [1.82, 2.24) is 4.90 Å². The summed E-state index contributed by atoms with van der Waals surface area (Å²) in [6.45, 7) is 6.85. The molecule has 154 valence electrons. The van der Waals surface area contributed by atoms with Crippen LogP contribution >= 0.6 is 0 Å². The van der Waals surface area contributed by atoms with Gasteiger partial charge in [0.25, 0.3) is 10.0 Å². The van der Waals surface area contributed by atoms with Gasteiger partial charge in [-0.25, -0.2) is 8.42 Å². The van der Waals surface area contributed by atoms with E-state index in [1.54, 1.807) is 18.2 Å². The molecule has 7 nitrogen and oxygen atoms in total. The van der Waals surface area contributed by atoms with Crippen molar-refractivity contribution in [2.24, 2.45) is 0 Å². The highest BCUT2D eigenvalue weighted by Gasteiger charge is 2.23. The van der Waals surface area contributed by atoms with Crippen molar-refractivity contribution in [1.29, 1.82) is 0 Å². The number of fused-ring (bicyclic) bond motifs is 1. The molecule has 0 unspecified atom stereocenters. The summed E-state index contributed by atoms with van der Waals surface area (Å²) in [5, 5.41) is 2.78. The third kappa shape index (κ3) is 4.23. The fourth-order valence-electron chi connectivity index (χ4n) is 3.87. The number of carbonyl (C=O) groups is 1. The third-order valence-electron chi connectivity index (χ3n) is 5.59. The first-order valence-corrected chi connectivity index (χ1v) is 11.5. The molecule has 4 rings (SSSR count). The molecule has 2 aliphatic heterocycles. The van der Waals surface area contributed by atoms with Crippen LogP contribution in [0, 0.1) is 0 Å². The van der Waals surface area contributed by atoms with E-state index in [0.29, 0.717) is 24.2 Å². The lowest BCUT2D eigenvalue weighted by Gasteiger charge is -2.36. The largest absolute Gasteiger partial charge is 0.367 e. The second kappa shape index (κ2) is 8.04. The summed E-state index contributed by atoms with van der Waals surface area (Å²) >= 11 is 0. The maximum absolute atomic E-state index is 13.1. The van der Waals surface area contributed by atoms with E-state index in [1.807, 2.05) is 18.2 Å². The van der Waals surface area contributed by atoms with Crippen molar-refractivity contribution >= 4 is 33.0 Å². The maximum atomic E-state index is 13.1. The fourth-order valence-corrected chi connectivity index (χ4v) is 5.00. The minimum absolute atomic E-state index is 0.0386. The number of amides is 1. The highest BCUT2D eigenvalue weighted by molar-refractivity contribution is 7.92. The second-order valence-corrected chi connectivity index (χ2v) is 9.09. The molecule has 0 atom stereocenters. The molecule has 2 aromatic carbocycles. The SMILES string of the molecule is CCN1CCN(c2ccccc2NS(=O)(=O)c2ccc3c(c2)CCC(=O)N3)CC1. The molecular weight excluding hydrogens is 388 g/mol. The Morgan fingerprint density at radius 1 is 1.03 bits per heavy atom.